The lowest BCUT2D eigenvalue weighted by Gasteiger charge is -2.24. The van der Waals surface area contributed by atoms with Gasteiger partial charge in [0.25, 0.3) is 0 Å². The molecule has 18 heavy (non-hydrogen) atoms. The molecule has 0 fully saturated rings. The van der Waals surface area contributed by atoms with Gasteiger partial charge in [0.05, 0.1) is 0 Å². The molecular weight excluding hydrogens is 260 g/mol. The summed E-state index contributed by atoms with van der Waals surface area (Å²) in [4.78, 5) is 11.0. The van der Waals surface area contributed by atoms with Crippen molar-refractivity contribution in [3.05, 3.63) is 29.3 Å². The van der Waals surface area contributed by atoms with Crippen molar-refractivity contribution in [3.63, 3.8) is 0 Å². The molecule has 0 aromatic heterocycles. The number of anilines is 1. The van der Waals surface area contributed by atoms with E-state index in [1.807, 2.05) is 0 Å². The molecule has 5 N–H and O–H groups in total. The summed E-state index contributed by atoms with van der Waals surface area (Å²) in [6.07, 6.45) is 0. The van der Waals surface area contributed by atoms with Crippen molar-refractivity contribution in [2.24, 2.45) is 11.5 Å². The Kier molecular flexibility index (Phi) is 3.85. The van der Waals surface area contributed by atoms with Crippen LogP contribution in [0.4, 0.5) is 14.5 Å². The molecule has 1 rings (SSSR count). The number of benzene rings is 1. The quantitative estimate of drug-likeness (QED) is 0.722. The maximum Gasteiger partial charge on any atom is 0.242 e. The van der Waals surface area contributed by atoms with Crippen LogP contribution in [0.5, 0.6) is 0 Å². The van der Waals surface area contributed by atoms with E-state index in [0.29, 0.717) is 0 Å². The van der Waals surface area contributed by atoms with Gasteiger partial charge in [-0.05, 0) is 26.0 Å². The van der Waals surface area contributed by atoms with Gasteiger partial charge in [0.15, 0.2) is 0 Å². The first-order valence-electron chi connectivity index (χ1n) is 5.02. The molecule has 0 heterocycles. The summed E-state index contributed by atoms with van der Waals surface area (Å²) in [6.45, 7) is 2.82. The predicted molar refractivity (Wildman–Crippen MR) is 69.1 cm³/mol. The highest BCUT2D eigenvalue weighted by Crippen LogP contribution is 2.24. The zero-order valence-corrected chi connectivity index (χ0v) is 10.7. The number of hydrogen-bond donors (Lipinski definition) is 3. The summed E-state index contributed by atoms with van der Waals surface area (Å²) in [5.41, 5.74) is 8.73. The van der Waals surface area contributed by atoms with E-state index in [4.69, 9.17) is 11.5 Å². The summed E-state index contributed by atoms with van der Waals surface area (Å²) >= 11 is 4.63. The van der Waals surface area contributed by atoms with Crippen molar-refractivity contribution in [1.82, 2.24) is 0 Å². The molecule has 0 spiro atoms. The SMILES string of the molecule is CC(C)(Nc1c(F)cc(C(N)=S)cc1F)C(N)=O. The van der Waals surface area contributed by atoms with Crippen LogP contribution >= 0.6 is 12.2 Å². The summed E-state index contributed by atoms with van der Waals surface area (Å²) < 4.78 is 27.4. The number of hydrogen-bond acceptors (Lipinski definition) is 3. The van der Waals surface area contributed by atoms with Crippen molar-refractivity contribution in [3.8, 4) is 0 Å². The van der Waals surface area contributed by atoms with Gasteiger partial charge in [-0.3, -0.25) is 4.79 Å². The third-order valence-electron chi connectivity index (χ3n) is 2.38. The van der Waals surface area contributed by atoms with Gasteiger partial charge < -0.3 is 16.8 Å². The van der Waals surface area contributed by atoms with Gasteiger partial charge in [-0.1, -0.05) is 12.2 Å². The number of amides is 1. The first-order valence-corrected chi connectivity index (χ1v) is 5.43. The van der Waals surface area contributed by atoms with Crippen molar-refractivity contribution in [2.45, 2.75) is 19.4 Å². The lowest BCUT2D eigenvalue weighted by molar-refractivity contribution is -0.121. The Morgan fingerprint density at radius 3 is 2.06 bits per heavy atom. The van der Waals surface area contributed by atoms with Crippen LogP contribution in [0.1, 0.15) is 19.4 Å². The van der Waals surface area contributed by atoms with Crippen LogP contribution in [0, 0.1) is 11.6 Å². The molecule has 0 bridgehead atoms. The summed E-state index contributed by atoms with van der Waals surface area (Å²) in [5.74, 6) is -2.53. The van der Waals surface area contributed by atoms with Gasteiger partial charge in [-0.2, -0.15) is 0 Å². The topological polar surface area (TPSA) is 81.1 Å². The van der Waals surface area contributed by atoms with Crippen LogP contribution in [0.25, 0.3) is 0 Å². The van der Waals surface area contributed by atoms with E-state index in [9.17, 15) is 13.6 Å². The minimum Gasteiger partial charge on any atom is -0.389 e. The number of primary amides is 1. The Labute approximate surface area is 108 Å². The Hall–Kier alpha value is -1.76. The molecule has 0 aliphatic carbocycles. The molecule has 0 atom stereocenters. The normalized spacial score (nSPS) is 11.1. The minimum absolute atomic E-state index is 0.0717. The number of rotatable bonds is 4. The highest BCUT2D eigenvalue weighted by Gasteiger charge is 2.27. The predicted octanol–water partition coefficient (Wildman–Crippen LogP) is 1.27. The lowest BCUT2D eigenvalue weighted by atomic mass is 10.0. The number of nitrogens with one attached hydrogen (secondary N) is 1. The maximum absolute atomic E-state index is 13.7. The first-order chi connectivity index (χ1) is 8.15. The second-order valence-electron chi connectivity index (χ2n) is 4.29. The third-order valence-corrected chi connectivity index (χ3v) is 2.62. The Morgan fingerprint density at radius 2 is 1.72 bits per heavy atom. The van der Waals surface area contributed by atoms with E-state index >= 15 is 0 Å². The number of carbonyl (C=O) groups excluding carboxylic acids is 1. The van der Waals surface area contributed by atoms with E-state index in [1.165, 1.54) is 13.8 Å². The number of carbonyl (C=O) groups is 1. The van der Waals surface area contributed by atoms with Gasteiger partial charge in [0.1, 0.15) is 27.8 Å². The van der Waals surface area contributed by atoms with E-state index in [0.717, 1.165) is 12.1 Å². The molecule has 1 aromatic rings. The molecule has 7 heteroatoms. The second-order valence-corrected chi connectivity index (χ2v) is 4.73. The van der Waals surface area contributed by atoms with Crippen LogP contribution in [-0.2, 0) is 4.79 Å². The Morgan fingerprint density at radius 1 is 1.28 bits per heavy atom. The fourth-order valence-electron chi connectivity index (χ4n) is 1.21. The Bertz CT molecular complexity index is 494. The molecule has 1 aromatic carbocycles. The molecule has 4 nitrogen and oxygen atoms in total. The van der Waals surface area contributed by atoms with Gasteiger partial charge in [0, 0.05) is 5.56 Å². The summed E-state index contributed by atoms with van der Waals surface area (Å²) in [5, 5.41) is 2.41. The highest BCUT2D eigenvalue weighted by atomic mass is 32.1. The summed E-state index contributed by atoms with van der Waals surface area (Å²) in [7, 11) is 0. The van der Waals surface area contributed by atoms with Crippen LogP contribution in [0.3, 0.4) is 0 Å². The van der Waals surface area contributed by atoms with E-state index in [1.54, 1.807) is 0 Å². The standard InChI is InChI=1S/C11H13F2N3OS/c1-11(2,10(15)17)16-8-6(12)3-5(9(14)18)4-7(8)13/h3-4,16H,1-2H3,(H2,14,18)(H2,15,17). The number of nitrogens with two attached hydrogens (primary N) is 2. The van der Waals surface area contributed by atoms with Gasteiger partial charge in [0.2, 0.25) is 5.91 Å². The highest BCUT2D eigenvalue weighted by molar-refractivity contribution is 7.80. The average Bonchev–Trinajstić information content (AvgIpc) is 2.22. The van der Waals surface area contributed by atoms with E-state index < -0.39 is 28.8 Å². The van der Waals surface area contributed by atoms with Gasteiger partial charge in [-0.25, -0.2) is 8.78 Å². The fraction of sp³-hybridized carbons (Fsp3) is 0.273. The maximum atomic E-state index is 13.7. The van der Waals surface area contributed by atoms with Crippen molar-refractivity contribution in [2.75, 3.05) is 5.32 Å². The average molecular weight is 273 g/mol. The number of thiocarbonyl (C=S) groups is 1. The van der Waals surface area contributed by atoms with Crippen molar-refractivity contribution in [1.29, 1.82) is 0 Å². The summed E-state index contributed by atoms with van der Waals surface area (Å²) in [6, 6.07) is 1.98. The van der Waals surface area contributed by atoms with E-state index in [-0.39, 0.29) is 10.6 Å². The van der Waals surface area contributed by atoms with Crippen LogP contribution in [-0.4, -0.2) is 16.4 Å². The molecule has 0 aliphatic heterocycles. The zero-order valence-electron chi connectivity index (χ0n) is 9.88. The van der Waals surface area contributed by atoms with Crippen LogP contribution in [0.15, 0.2) is 12.1 Å². The van der Waals surface area contributed by atoms with Crippen LogP contribution in [0.2, 0.25) is 0 Å². The first kappa shape index (κ1) is 14.3. The molecular formula is C11H13F2N3OS. The molecule has 0 saturated heterocycles. The molecule has 0 aliphatic rings. The largest absolute Gasteiger partial charge is 0.389 e. The third kappa shape index (κ3) is 2.92. The van der Waals surface area contributed by atoms with Gasteiger partial charge >= 0.3 is 0 Å². The fourth-order valence-corrected chi connectivity index (χ4v) is 1.33. The molecule has 98 valence electrons. The zero-order chi connectivity index (χ0) is 14.1. The van der Waals surface area contributed by atoms with Crippen molar-refractivity contribution < 1.29 is 13.6 Å². The second kappa shape index (κ2) is 4.85. The molecule has 0 saturated carbocycles. The van der Waals surface area contributed by atoms with Gasteiger partial charge in [-0.15, -0.1) is 0 Å². The lowest BCUT2D eigenvalue weighted by Crippen LogP contribution is -2.45. The van der Waals surface area contributed by atoms with Crippen molar-refractivity contribution >= 4 is 28.8 Å². The minimum atomic E-state index is -1.29. The van der Waals surface area contributed by atoms with Crippen LogP contribution < -0.4 is 16.8 Å². The molecule has 0 radical (unpaired) electrons. The molecule has 1 amide bonds. The Balaban J connectivity index is 3.20. The monoisotopic (exact) mass is 273 g/mol. The smallest absolute Gasteiger partial charge is 0.242 e. The van der Waals surface area contributed by atoms with E-state index in [2.05, 4.69) is 17.5 Å². The molecule has 0 unspecified atom stereocenters. The number of halogens is 2.